The molecule has 8 heteroatoms. The second-order valence-corrected chi connectivity index (χ2v) is 7.39. The van der Waals surface area contributed by atoms with Gasteiger partial charge in [0.15, 0.2) is 5.78 Å². The lowest BCUT2D eigenvalue weighted by atomic mass is 10.0. The van der Waals surface area contributed by atoms with Crippen LogP contribution in [-0.4, -0.2) is 60.0 Å². The van der Waals surface area contributed by atoms with Crippen molar-refractivity contribution < 1.29 is 24.6 Å². The number of ketones is 1. The van der Waals surface area contributed by atoms with Crippen LogP contribution in [0.2, 0.25) is 0 Å². The minimum absolute atomic E-state index is 0.0389. The highest BCUT2D eigenvalue weighted by Crippen LogP contribution is 2.24. The summed E-state index contributed by atoms with van der Waals surface area (Å²) in [6.07, 6.45) is 2.15. The monoisotopic (exact) mass is 476 g/mol. The lowest BCUT2D eigenvalue weighted by Gasteiger charge is -2.14. The molecule has 0 saturated heterocycles. The number of aliphatic carboxylic acids is 2. The van der Waals surface area contributed by atoms with Crippen LogP contribution in [0.25, 0.3) is 0 Å². The Morgan fingerprint density at radius 1 is 1.00 bits per heavy atom. The summed E-state index contributed by atoms with van der Waals surface area (Å²) in [5.41, 5.74) is 2.29. The number of anilines is 1. The molecule has 0 aliphatic heterocycles. The van der Waals surface area contributed by atoms with Gasteiger partial charge in [-0.1, -0.05) is 46.3 Å². The van der Waals surface area contributed by atoms with Gasteiger partial charge in [-0.2, -0.15) is 0 Å². The van der Waals surface area contributed by atoms with E-state index in [2.05, 4.69) is 40.2 Å². The van der Waals surface area contributed by atoms with Crippen LogP contribution in [0.1, 0.15) is 22.3 Å². The second-order valence-electron chi connectivity index (χ2n) is 6.48. The molecule has 30 heavy (non-hydrogen) atoms. The molecule has 0 atom stereocenters. The van der Waals surface area contributed by atoms with E-state index in [-0.39, 0.29) is 5.78 Å². The Bertz CT molecular complexity index is 866. The minimum Gasteiger partial charge on any atom is -0.478 e. The van der Waals surface area contributed by atoms with Crippen LogP contribution in [0.15, 0.2) is 65.2 Å². The average molecular weight is 477 g/mol. The largest absolute Gasteiger partial charge is 0.478 e. The number of hydrogen-bond donors (Lipinski definition) is 3. The first-order chi connectivity index (χ1) is 14.2. The molecule has 0 aromatic heterocycles. The fraction of sp³-hybridized carbons (Fsp3) is 0.227. The maximum atomic E-state index is 12.7. The Morgan fingerprint density at radius 3 is 2.13 bits per heavy atom. The molecule has 0 aliphatic rings. The number of carboxylic acids is 2. The Balaban J connectivity index is 0.000000479. The van der Waals surface area contributed by atoms with Crippen molar-refractivity contribution in [2.45, 2.75) is 6.42 Å². The summed E-state index contributed by atoms with van der Waals surface area (Å²) in [6, 6.07) is 15.2. The Kier molecular flexibility index (Phi) is 11.1. The molecule has 0 amide bonds. The van der Waals surface area contributed by atoms with Gasteiger partial charge in [-0.15, -0.1) is 0 Å². The Morgan fingerprint density at radius 2 is 1.60 bits per heavy atom. The van der Waals surface area contributed by atoms with Crippen LogP contribution >= 0.6 is 15.9 Å². The van der Waals surface area contributed by atoms with Gasteiger partial charge in [0, 0.05) is 40.0 Å². The van der Waals surface area contributed by atoms with Crippen LogP contribution in [-0.2, 0) is 9.59 Å². The molecule has 160 valence electrons. The molecular weight excluding hydrogens is 452 g/mol. The van der Waals surface area contributed by atoms with E-state index in [0.717, 1.165) is 29.7 Å². The summed E-state index contributed by atoms with van der Waals surface area (Å²) in [5, 5.41) is 19.0. The number of halogens is 1. The summed E-state index contributed by atoms with van der Waals surface area (Å²) < 4.78 is 0.908. The highest BCUT2D eigenvalue weighted by atomic mass is 79.9. The van der Waals surface area contributed by atoms with Gasteiger partial charge in [-0.3, -0.25) is 4.79 Å². The topological polar surface area (TPSA) is 107 Å². The zero-order chi connectivity index (χ0) is 22.5. The van der Waals surface area contributed by atoms with Crippen LogP contribution in [0, 0.1) is 0 Å². The summed E-state index contributed by atoms with van der Waals surface area (Å²) in [6.45, 7) is 1.86. The number of hydrogen-bond acceptors (Lipinski definition) is 5. The fourth-order valence-corrected chi connectivity index (χ4v) is 2.73. The van der Waals surface area contributed by atoms with Crippen molar-refractivity contribution in [3.63, 3.8) is 0 Å². The van der Waals surface area contributed by atoms with Crippen molar-refractivity contribution in [1.82, 2.24) is 4.90 Å². The molecule has 0 radical (unpaired) electrons. The third-order valence-electron chi connectivity index (χ3n) is 3.73. The normalized spacial score (nSPS) is 10.4. The fourth-order valence-electron chi connectivity index (χ4n) is 2.36. The van der Waals surface area contributed by atoms with E-state index in [1.807, 2.05) is 48.5 Å². The van der Waals surface area contributed by atoms with Crippen molar-refractivity contribution in [2.75, 3.05) is 32.5 Å². The maximum Gasteiger partial charge on any atom is 0.328 e. The van der Waals surface area contributed by atoms with Crippen LogP contribution in [0.3, 0.4) is 0 Å². The first-order valence-electron chi connectivity index (χ1n) is 9.12. The predicted molar refractivity (Wildman–Crippen MR) is 120 cm³/mol. The summed E-state index contributed by atoms with van der Waals surface area (Å²) >= 11 is 3.45. The van der Waals surface area contributed by atoms with Crippen LogP contribution < -0.4 is 5.32 Å². The molecule has 2 aromatic rings. The Labute approximate surface area is 184 Å². The zero-order valence-corrected chi connectivity index (χ0v) is 18.4. The predicted octanol–water partition coefficient (Wildman–Crippen LogP) is 3.76. The van der Waals surface area contributed by atoms with E-state index in [1.54, 1.807) is 0 Å². The molecular formula is C22H25BrN2O5. The number of carboxylic acid groups (broad SMARTS) is 2. The van der Waals surface area contributed by atoms with E-state index < -0.39 is 11.9 Å². The van der Waals surface area contributed by atoms with Gasteiger partial charge in [-0.25, -0.2) is 9.59 Å². The Hall–Kier alpha value is -2.97. The molecule has 2 aromatic carbocycles. The quantitative estimate of drug-likeness (QED) is 0.287. The van der Waals surface area contributed by atoms with E-state index in [0.29, 0.717) is 23.3 Å². The number of carbonyl (C=O) groups is 3. The van der Waals surface area contributed by atoms with Gasteiger partial charge < -0.3 is 20.4 Å². The number of carbonyl (C=O) groups excluding carboxylic acids is 1. The van der Waals surface area contributed by atoms with E-state index in [9.17, 15) is 14.4 Å². The average Bonchev–Trinajstić information content (AvgIpc) is 2.71. The number of rotatable bonds is 9. The highest BCUT2D eigenvalue weighted by Gasteiger charge is 2.13. The van der Waals surface area contributed by atoms with Crippen molar-refractivity contribution in [3.05, 3.63) is 76.3 Å². The van der Waals surface area contributed by atoms with Gasteiger partial charge >= 0.3 is 11.9 Å². The molecule has 0 saturated carbocycles. The van der Waals surface area contributed by atoms with Crippen LogP contribution in [0.5, 0.6) is 0 Å². The van der Waals surface area contributed by atoms with E-state index >= 15 is 0 Å². The molecule has 2 rings (SSSR count). The summed E-state index contributed by atoms with van der Waals surface area (Å²) in [4.78, 5) is 34.0. The van der Waals surface area contributed by atoms with E-state index in [4.69, 9.17) is 10.2 Å². The van der Waals surface area contributed by atoms with Crippen molar-refractivity contribution >= 4 is 39.3 Å². The van der Waals surface area contributed by atoms with Gasteiger partial charge in [-0.05, 0) is 45.3 Å². The molecule has 3 N–H and O–H groups in total. The molecule has 0 unspecified atom stereocenters. The first-order valence-corrected chi connectivity index (χ1v) is 9.92. The zero-order valence-electron chi connectivity index (χ0n) is 16.8. The molecule has 0 aliphatic carbocycles. The van der Waals surface area contributed by atoms with Gasteiger partial charge in [0.25, 0.3) is 0 Å². The third-order valence-corrected chi connectivity index (χ3v) is 4.22. The van der Waals surface area contributed by atoms with E-state index in [1.165, 1.54) is 0 Å². The first kappa shape index (κ1) is 25.1. The SMILES string of the molecule is CN(C)CCCNc1ccc(Br)cc1C(=O)c1ccccc1.O=C(O)C=CC(=O)O. The molecule has 0 bridgehead atoms. The van der Waals surface area contributed by atoms with Crippen molar-refractivity contribution in [2.24, 2.45) is 0 Å². The smallest absolute Gasteiger partial charge is 0.328 e. The van der Waals surface area contributed by atoms with Gasteiger partial charge in [0.1, 0.15) is 0 Å². The second kappa shape index (κ2) is 13.3. The highest BCUT2D eigenvalue weighted by molar-refractivity contribution is 9.10. The standard InChI is InChI=1S/C18H21BrN2O.C4H4O4/c1-21(2)12-6-11-20-17-10-9-15(19)13-16(17)18(22)14-7-4-3-5-8-14;5-3(6)1-2-4(7)8/h3-5,7-10,13,20H,6,11-12H2,1-2H3;1-2H,(H,5,6)(H,7,8). The lowest BCUT2D eigenvalue weighted by molar-refractivity contribution is -0.134. The van der Waals surface area contributed by atoms with Gasteiger partial charge in [0.2, 0.25) is 0 Å². The van der Waals surface area contributed by atoms with Crippen molar-refractivity contribution in [1.29, 1.82) is 0 Å². The number of nitrogens with one attached hydrogen (secondary N) is 1. The molecule has 0 heterocycles. The number of nitrogens with zero attached hydrogens (tertiary/aromatic N) is 1. The van der Waals surface area contributed by atoms with Crippen LogP contribution in [0.4, 0.5) is 5.69 Å². The minimum atomic E-state index is -1.26. The molecule has 7 nitrogen and oxygen atoms in total. The molecule has 0 fully saturated rings. The summed E-state index contributed by atoms with van der Waals surface area (Å²) in [5.74, 6) is -2.48. The lowest BCUT2D eigenvalue weighted by Crippen LogP contribution is -2.17. The molecule has 0 spiro atoms. The third kappa shape index (κ3) is 9.99. The maximum absolute atomic E-state index is 12.7. The summed E-state index contributed by atoms with van der Waals surface area (Å²) in [7, 11) is 4.12. The van der Waals surface area contributed by atoms with Crippen molar-refractivity contribution in [3.8, 4) is 0 Å². The number of benzene rings is 2. The van der Waals surface area contributed by atoms with Gasteiger partial charge in [0.05, 0.1) is 0 Å².